The summed E-state index contributed by atoms with van der Waals surface area (Å²) in [5.74, 6) is -0.357. The molecule has 1 aromatic rings. The molecule has 1 atom stereocenters. The minimum atomic E-state index is -1.11. The van der Waals surface area contributed by atoms with E-state index in [0.717, 1.165) is 16.7 Å². The van der Waals surface area contributed by atoms with Crippen molar-refractivity contribution in [2.75, 3.05) is 14.2 Å². The lowest BCUT2D eigenvalue weighted by Gasteiger charge is -2.18. The number of thioether (sulfide) groups is 1. The van der Waals surface area contributed by atoms with E-state index in [2.05, 4.69) is 0 Å². The Bertz CT molecular complexity index is 701. The van der Waals surface area contributed by atoms with Crippen LogP contribution in [0, 0.1) is 0 Å². The van der Waals surface area contributed by atoms with Crippen molar-refractivity contribution in [1.82, 2.24) is 4.90 Å². The van der Waals surface area contributed by atoms with Gasteiger partial charge in [0, 0.05) is 11.6 Å². The maximum atomic E-state index is 12.4. The first-order valence-corrected chi connectivity index (χ1v) is 7.83. The highest BCUT2D eigenvalue weighted by atomic mass is 32.2. The predicted molar refractivity (Wildman–Crippen MR) is 91.7 cm³/mol. The second-order valence-corrected chi connectivity index (χ2v) is 6.35. The number of hydrogen-bond donors (Lipinski definition) is 1. The van der Waals surface area contributed by atoms with Gasteiger partial charge in [0.05, 0.1) is 19.1 Å². The molecule has 0 saturated carbocycles. The van der Waals surface area contributed by atoms with E-state index >= 15 is 0 Å². The number of methoxy groups -OCH3 is 2. The van der Waals surface area contributed by atoms with Crippen molar-refractivity contribution < 1.29 is 24.2 Å². The Balaban J connectivity index is 2.36. The Morgan fingerprint density at radius 1 is 1.39 bits per heavy atom. The van der Waals surface area contributed by atoms with E-state index in [0.29, 0.717) is 22.0 Å². The third-order valence-corrected chi connectivity index (χ3v) is 4.63. The molecule has 1 heterocycles. The smallest absolute Gasteiger partial charge is 0.326 e. The van der Waals surface area contributed by atoms with Crippen LogP contribution in [0.4, 0.5) is 0 Å². The predicted octanol–water partition coefficient (Wildman–Crippen LogP) is 2.38. The summed E-state index contributed by atoms with van der Waals surface area (Å²) in [6.45, 7) is 1.42. The van der Waals surface area contributed by atoms with Crippen LogP contribution in [0.2, 0.25) is 0 Å². The number of aliphatic carboxylic acids is 1. The zero-order chi connectivity index (χ0) is 17.1. The molecule has 6 nitrogen and oxygen atoms in total. The maximum absolute atomic E-state index is 12.4. The number of ether oxygens (including phenoxy) is 2. The summed E-state index contributed by atoms with van der Waals surface area (Å²) in [4.78, 5) is 25.0. The number of carbonyl (C=O) groups excluding carboxylic acids is 1. The topological polar surface area (TPSA) is 76.1 Å². The minimum absolute atomic E-state index is 0.226. The van der Waals surface area contributed by atoms with E-state index in [1.54, 1.807) is 31.4 Å². The Morgan fingerprint density at radius 3 is 2.65 bits per heavy atom. The second-order valence-electron chi connectivity index (χ2n) is 4.67. The summed E-state index contributed by atoms with van der Waals surface area (Å²) >= 11 is 6.19. The fourth-order valence-electron chi connectivity index (χ4n) is 2.00. The van der Waals surface area contributed by atoms with Crippen molar-refractivity contribution >= 4 is 46.3 Å². The molecule has 0 aliphatic carbocycles. The minimum Gasteiger partial charge on any atom is -0.497 e. The highest BCUT2D eigenvalue weighted by molar-refractivity contribution is 8.26. The summed E-state index contributed by atoms with van der Waals surface area (Å²) in [6.07, 6.45) is 1.63. The van der Waals surface area contributed by atoms with Crippen molar-refractivity contribution in [1.29, 1.82) is 0 Å². The van der Waals surface area contributed by atoms with Gasteiger partial charge in [-0.2, -0.15) is 0 Å². The molecule has 0 radical (unpaired) electrons. The molecule has 0 aromatic heterocycles. The zero-order valence-corrected chi connectivity index (χ0v) is 14.4. The highest BCUT2D eigenvalue weighted by Crippen LogP contribution is 2.36. The van der Waals surface area contributed by atoms with Crippen molar-refractivity contribution in [2.24, 2.45) is 0 Å². The molecule has 1 aromatic carbocycles. The van der Waals surface area contributed by atoms with Crippen LogP contribution in [-0.4, -0.2) is 46.5 Å². The molecule has 8 heteroatoms. The van der Waals surface area contributed by atoms with Crippen molar-refractivity contribution in [3.05, 3.63) is 28.7 Å². The Labute approximate surface area is 143 Å². The number of carboxylic acids is 1. The molecular formula is C15H15NO5S2. The first-order chi connectivity index (χ1) is 10.9. The third-order valence-electron chi connectivity index (χ3n) is 3.30. The largest absolute Gasteiger partial charge is 0.497 e. The molecule has 0 spiro atoms. The van der Waals surface area contributed by atoms with E-state index in [9.17, 15) is 9.59 Å². The summed E-state index contributed by atoms with van der Waals surface area (Å²) in [7, 11) is 3.07. The first kappa shape index (κ1) is 17.3. The van der Waals surface area contributed by atoms with Crippen LogP contribution in [0.5, 0.6) is 11.5 Å². The standard InChI is InChI=1S/C15H15NO5S2/c1-8(14(18)19)16-13(17)12(23-15(16)22)6-9-4-5-10(20-2)7-11(9)21-3/h4-8H,1-3H3,(H,18,19)/b12-6+/t8-/m1/s1. The van der Waals surface area contributed by atoms with Gasteiger partial charge in [-0.1, -0.05) is 24.0 Å². The molecule has 2 rings (SSSR count). The van der Waals surface area contributed by atoms with Crippen LogP contribution in [-0.2, 0) is 9.59 Å². The molecule has 1 fully saturated rings. The summed E-state index contributed by atoms with van der Waals surface area (Å²) in [6, 6.07) is 4.19. The average molecular weight is 353 g/mol. The molecule has 0 bridgehead atoms. The number of rotatable bonds is 5. The molecule has 1 N–H and O–H groups in total. The van der Waals surface area contributed by atoms with Crippen molar-refractivity contribution in [3.8, 4) is 11.5 Å². The Hall–Kier alpha value is -2.06. The molecule has 0 unspecified atom stereocenters. The highest BCUT2D eigenvalue weighted by Gasteiger charge is 2.38. The lowest BCUT2D eigenvalue weighted by molar-refractivity contribution is -0.144. The normalized spacial score (nSPS) is 17.5. The monoisotopic (exact) mass is 353 g/mol. The number of nitrogens with zero attached hydrogens (tertiary/aromatic N) is 1. The van der Waals surface area contributed by atoms with Crippen molar-refractivity contribution in [2.45, 2.75) is 13.0 Å². The lowest BCUT2D eigenvalue weighted by Crippen LogP contribution is -2.41. The van der Waals surface area contributed by atoms with Crippen LogP contribution in [0.15, 0.2) is 23.1 Å². The zero-order valence-electron chi connectivity index (χ0n) is 12.7. The molecule has 1 aliphatic rings. The quantitative estimate of drug-likeness (QED) is 0.643. The summed E-state index contributed by atoms with van der Waals surface area (Å²) < 4.78 is 10.6. The van der Waals surface area contributed by atoms with E-state index < -0.39 is 17.9 Å². The second kappa shape index (κ2) is 7.01. The van der Waals surface area contributed by atoms with Gasteiger partial charge in [-0.25, -0.2) is 4.79 Å². The van der Waals surface area contributed by atoms with Gasteiger partial charge in [0.1, 0.15) is 21.9 Å². The van der Waals surface area contributed by atoms with Crippen LogP contribution in [0.1, 0.15) is 12.5 Å². The fraction of sp³-hybridized carbons (Fsp3) is 0.267. The van der Waals surface area contributed by atoms with Gasteiger partial charge in [-0.3, -0.25) is 9.69 Å². The number of carbonyl (C=O) groups is 2. The van der Waals surface area contributed by atoms with E-state index in [1.807, 2.05) is 0 Å². The average Bonchev–Trinajstić information content (AvgIpc) is 2.80. The number of carboxylic acid groups (broad SMARTS) is 1. The molecule has 23 heavy (non-hydrogen) atoms. The molecule has 1 amide bonds. The van der Waals surface area contributed by atoms with Crippen molar-refractivity contribution in [3.63, 3.8) is 0 Å². The molecule has 1 aliphatic heterocycles. The first-order valence-electron chi connectivity index (χ1n) is 6.61. The van der Waals surface area contributed by atoms with Crippen LogP contribution in [0.25, 0.3) is 6.08 Å². The van der Waals surface area contributed by atoms with E-state index in [4.69, 9.17) is 26.8 Å². The summed E-state index contributed by atoms with van der Waals surface area (Å²) in [5, 5.41) is 9.08. The number of thiocarbonyl (C=S) groups is 1. The Kier molecular flexibility index (Phi) is 5.27. The van der Waals surface area contributed by atoms with Gasteiger partial charge in [-0.05, 0) is 25.1 Å². The number of benzene rings is 1. The summed E-state index contributed by atoms with van der Waals surface area (Å²) in [5.41, 5.74) is 0.678. The van der Waals surface area contributed by atoms with Gasteiger partial charge in [0.2, 0.25) is 0 Å². The molecule has 122 valence electrons. The number of hydrogen-bond acceptors (Lipinski definition) is 6. The maximum Gasteiger partial charge on any atom is 0.326 e. The SMILES string of the molecule is COc1ccc(/C=C2/SC(=S)N([C@H](C)C(=O)O)C2=O)c(OC)c1. The van der Waals surface area contributed by atoms with E-state index in [-0.39, 0.29) is 4.32 Å². The van der Waals surface area contributed by atoms with Gasteiger partial charge in [0.25, 0.3) is 5.91 Å². The van der Waals surface area contributed by atoms with Gasteiger partial charge in [-0.15, -0.1) is 0 Å². The van der Waals surface area contributed by atoms with Gasteiger partial charge in [0.15, 0.2) is 0 Å². The van der Waals surface area contributed by atoms with Crippen LogP contribution in [0.3, 0.4) is 0 Å². The van der Waals surface area contributed by atoms with Gasteiger partial charge < -0.3 is 14.6 Å². The fourth-order valence-corrected chi connectivity index (χ4v) is 3.41. The van der Waals surface area contributed by atoms with Crippen LogP contribution < -0.4 is 9.47 Å². The number of amides is 1. The Morgan fingerprint density at radius 2 is 2.09 bits per heavy atom. The third kappa shape index (κ3) is 3.48. The van der Waals surface area contributed by atoms with Crippen LogP contribution >= 0.6 is 24.0 Å². The molecule has 1 saturated heterocycles. The lowest BCUT2D eigenvalue weighted by atomic mass is 10.1. The molecular weight excluding hydrogens is 338 g/mol. The van der Waals surface area contributed by atoms with Gasteiger partial charge >= 0.3 is 5.97 Å². The van der Waals surface area contributed by atoms with E-state index in [1.165, 1.54) is 14.0 Å².